The number of ketones is 1. The second kappa shape index (κ2) is 22.3. The van der Waals surface area contributed by atoms with Gasteiger partial charge >= 0.3 is 5.97 Å². The Hall–Kier alpha value is -6.79. The summed E-state index contributed by atoms with van der Waals surface area (Å²) in [6, 6.07) is 14.3. The first-order valence-corrected chi connectivity index (χ1v) is 22.7. The van der Waals surface area contributed by atoms with Gasteiger partial charge in [0.1, 0.15) is 23.3 Å². The SMILES string of the molecule is CC(C)(C)c1nc(C(=O)O)no1.Cc1cc(-c2cc(NC(=O)C3CC3)ncc2F)ccc1[C@@H](C)CC(=O)c1noc(C(C)(C)C)n1.Cc1cc(-c2cc(NC(=O)C3CC3)ncc2F)ccc1[C@@H](C)N.Cl. The fourth-order valence-electron chi connectivity index (χ4n) is 7.09. The highest BCUT2D eigenvalue weighted by atomic mass is 35.5. The van der Waals surface area contributed by atoms with Crippen molar-refractivity contribution in [3.63, 3.8) is 0 Å². The lowest BCUT2D eigenvalue weighted by atomic mass is 9.90. The highest BCUT2D eigenvalue weighted by Gasteiger charge is 2.31. The van der Waals surface area contributed by atoms with Crippen LogP contribution in [0.15, 0.2) is 70.0 Å². The summed E-state index contributed by atoms with van der Waals surface area (Å²) < 4.78 is 38.7. The van der Waals surface area contributed by atoms with E-state index in [9.17, 15) is 28.0 Å². The van der Waals surface area contributed by atoms with Gasteiger partial charge in [-0.3, -0.25) is 14.4 Å². The molecule has 0 unspecified atom stereocenters. The summed E-state index contributed by atoms with van der Waals surface area (Å²) in [5.41, 5.74) is 11.4. The fraction of sp³-hybridized carbons (Fsp3) is 0.412. The van der Waals surface area contributed by atoms with E-state index in [-0.39, 0.29) is 82.7 Å². The first-order valence-electron chi connectivity index (χ1n) is 22.7. The van der Waals surface area contributed by atoms with E-state index in [0.29, 0.717) is 40.1 Å². The van der Waals surface area contributed by atoms with Crippen LogP contribution in [0.2, 0.25) is 0 Å². The summed E-state index contributed by atoms with van der Waals surface area (Å²) in [4.78, 5) is 62.8. The number of aromatic nitrogens is 6. The average Bonchev–Trinajstić information content (AvgIpc) is 4.20. The molecule has 19 heteroatoms. The average molecular weight is 985 g/mol. The monoisotopic (exact) mass is 983 g/mol. The van der Waals surface area contributed by atoms with Crippen LogP contribution in [0.25, 0.3) is 22.3 Å². The van der Waals surface area contributed by atoms with Crippen molar-refractivity contribution in [1.82, 2.24) is 30.2 Å². The van der Waals surface area contributed by atoms with Crippen molar-refractivity contribution in [3.8, 4) is 22.3 Å². The van der Waals surface area contributed by atoms with Crippen LogP contribution in [0, 0.1) is 37.3 Å². The maximum Gasteiger partial charge on any atom is 0.377 e. The second-order valence-electron chi connectivity index (χ2n) is 19.7. The van der Waals surface area contributed by atoms with E-state index in [0.717, 1.165) is 65.9 Å². The largest absolute Gasteiger partial charge is 0.475 e. The third kappa shape index (κ3) is 14.2. The molecule has 8 rings (SSSR count). The quantitative estimate of drug-likeness (QED) is 0.0834. The fourth-order valence-corrected chi connectivity index (χ4v) is 7.09. The number of carboxylic acid groups (broad SMARTS) is 1. The molecule has 6 aromatic rings. The van der Waals surface area contributed by atoms with Crippen LogP contribution in [0.3, 0.4) is 0 Å². The van der Waals surface area contributed by atoms with Crippen LogP contribution < -0.4 is 16.4 Å². The number of nitrogens with one attached hydrogen (secondary N) is 2. The molecular formula is C51H60ClF2N9O7. The number of carbonyl (C=O) groups excluding carboxylic acids is 3. The lowest BCUT2D eigenvalue weighted by Gasteiger charge is -2.15. The van der Waals surface area contributed by atoms with E-state index in [1.165, 1.54) is 0 Å². The topological polar surface area (TPSA) is 242 Å². The molecule has 2 atom stereocenters. The zero-order valence-corrected chi connectivity index (χ0v) is 41.8. The molecule has 2 aromatic carbocycles. The van der Waals surface area contributed by atoms with E-state index in [2.05, 4.69) is 40.9 Å². The Morgan fingerprint density at radius 2 is 1.11 bits per heavy atom. The van der Waals surface area contributed by atoms with Crippen LogP contribution >= 0.6 is 12.4 Å². The first-order chi connectivity index (χ1) is 32.4. The minimum atomic E-state index is -1.17. The molecule has 0 bridgehead atoms. The van der Waals surface area contributed by atoms with Gasteiger partial charge in [0.15, 0.2) is 0 Å². The third-order valence-corrected chi connectivity index (χ3v) is 11.4. The summed E-state index contributed by atoms with van der Waals surface area (Å²) in [5.74, 6) is -1.06. The molecule has 2 amide bonds. The molecule has 372 valence electrons. The molecule has 4 heterocycles. The minimum absolute atomic E-state index is 0. The number of rotatable bonds is 12. The number of pyridine rings is 2. The molecule has 2 saturated carbocycles. The van der Waals surface area contributed by atoms with Crippen LogP contribution in [-0.2, 0) is 20.4 Å². The Morgan fingerprint density at radius 1 is 0.700 bits per heavy atom. The number of hydrogen-bond donors (Lipinski definition) is 4. The number of anilines is 2. The van der Waals surface area contributed by atoms with Gasteiger partial charge < -0.3 is 30.5 Å². The molecule has 70 heavy (non-hydrogen) atoms. The number of nitrogens with two attached hydrogens (primary N) is 1. The molecule has 0 saturated heterocycles. The van der Waals surface area contributed by atoms with Gasteiger partial charge in [-0.2, -0.15) is 9.97 Å². The molecule has 0 radical (unpaired) electrons. The number of aryl methyl sites for hydroxylation is 2. The molecule has 4 aromatic heterocycles. The normalized spacial score (nSPS) is 14.1. The van der Waals surface area contributed by atoms with E-state index in [1.807, 2.05) is 106 Å². The van der Waals surface area contributed by atoms with Crippen LogP contribution in [-0.4, -0.2) is 58.9 Å². The van der Waals surface area contributed by atoms with Crippen LogP contribution in [0.1, 0.15) is 155 Å². The van der Waals surface area contributed by atoms with Gasteiger partial charge in [-0.05, 0) is 103 Å². The van der Waals surface area contributed by atoms with Gasteiger partial charge in [-0.15, -0.1) is 12.4 Å². The zero-order valence-electron chi connectivity index (χ0n) is 40.9. The first kappa shape index (κ1) is 54.2. The van der Waals surface area contributed by atoms with Crippen LogP contribution in [0.5, 0.6) is 0 Å². The summed E-state index contributed by atoms with van der Waals surface area (Å²) in [6.07, 6.45) is 6.09. The summed E-state index contributed by atoms with van der Waals surface area (Å²) in [5, 5.41) is 21.1. The Morgan fingerprint density at radius 3 is 1.47 bits per heavy atom. The molecule has 5 N–H and O–H groups in total. The van der Waals surface area contributed by atoms with E-state index in [4.69, 9.17) is 19.9 Å². The van der Waals surface area contributed by atoms with Gasteiger partial charge in [-0.1, -0.05) is 90.0 Å². The number of Topliss-reactive ketones (excluding diaryl/α,β-unsaturated/α-hetero) is 1. The van der Waals surface area contributed by atoms with Crippen molar-refractivity contribution in [2.45, 2.75) is 124 Å². The highest BCUT2D eigenvalue weighted by Crippen LogP contribution is 2.34. The maximum absolute atomic E-state index is 14.6. The Balaban J connectivity index is 0.000000218. The van der Waals surface area contributed by atoms with Gasteiger partial charge in [-0.25, -0.2) is 23.5 Å². The number of amides is 2. The molecule has 2 aliphatic carbocycles. The van der Waals surface area contributed by atoms with E-state index >= 15 is 0 Å². The molecular weight excluding hydrogens is 924 g/mol. The minimum Gasteiger partial charge on any atom is -0.475 e. The molecule has 0 spiro atoms. The van der Waals surface area contributed by atoms with Crippen molar-refractivity contribution >= 4 is 47.6 Å². The van der Waals surface area contributed by atoms with Crippen molar-refractivity contribution in [3.05, 3.63) is 118 Å². The van der Waals surface area contributed by atoms with Gasteiger partial charge in [0.05, 0.1) is 12.4 Å². The lowest BCUT2D eigenvalue weighted by molar-refractivity contribution is -0.118. The third-order valence-electron chi connectivity index (χ3n) is 11.4. The van der Waals surface area contributed by atoms with Crippen molar-refractivity contribution in [1.29, 1.82) is 0 Å². The number of halogens is 3. The van der Waals surface area contributed by atoms with Crippen molar-refractivity contribution in [2.24, 2.45) is 17.6 Å². The van der Waals surface area contributed by atoms with Crippen LogP contribution in [0.4, 0.5) is 20.4 Å². The van der Waals surface area contributed by atoms with Crippen molar-refractivity contribution in [2.75, 3.05) is 10.6 Å². The number of benzene rings is 2. The predicted octanol–water partition coefficient (Wildman–Crippen LogP) is 10.7. The van der Waals surface area contributed by atoms with Crippen molar-refractivity contribution < 1.29 is 42.1 Å². The van der Waals surface area contributed by atoms with E-state index in [1.54, 1.807) is 12.1 Å². The lowest BCUT2D eigenvalue weighted by Crippen LogP contribution is -2.14. The van der Waals surface area contributed by atoms with E-state index < -0.39 is 17.6 Å². The molecule has 2 fully saturated rings. The number of carbonyl (C=O) groups is 4. The molecule has 2 aliphatic rings. The standard InChI is InChI=1S/C26H29FN4O3.C18H20FN3O.C7H10N2O3.ClH/c1-14-10-17(19-12-22(28-13-20(19)27)29-24(33)16-6-7-16)8-9-18(14)15(2)11-21(32)23-30-25(34-31-23)26(3,4)5;1-10-7-13(5-6-14(10)11(2)20)15-8-17(21-9-16(15)19)22-18(23)12-3-4-12;1-7(2,3)6-8-4(5(10)11)9-12-6;/h8-10,12-13,15-16H,6-7,11H2,1-5H3,(H,28,29,33);5-9,11-12H,3-4,20H2,1-2H3,(H,21,22,23);1-3H3,(H,10,11);1H/t15-;11-;;/m01../s1. The summed E-state index contributed by atoms with van der Waals surface area (Å²) >= 11 is 0. The number of hydrogen-bond acceptors (Lipinski definition) is 13. The Labute approximate surface area is 411 Å². The number of carboxylic acids is 1. The van der Waals surface area contributed by atoms with Gasteiger partial charge in [0.2, 0.25) is 35.2 Å². The smallest absolute Gasteiger partial charge is 0.377 e. The molecule has 16 nitrogen and oxygen atoms in total. The Kier molecular flexibility index (Phi) is 17.3. The predicted molar refractivity (Wildman–Crippen MR) is 262 cm³/mol. The number of nitrogens with zero attached hydrogens (tertiary/aromatic N) is 6. The van der Waals surface area contributed by atoms with Gasteiger partial charge in [0, 0.05) is 46.3 Å². The van der Waals surface area contributed by atoms with Gasteiger partial charge in [0.25, 0.3) is 5.82 Å². The zero-order chi connectivity index (χ0) is 50.5. The number of aromatic carboxylic acids is 1. The molecule has 0 aliphatic heterocycles. The summed E-state index contributed by atoms with van der Waals surface area (Å²) in [7, 11) is 0. The second-order valence-corrected chi connectivity index (χ2v) is 19.7. The Bertz CT molecular complexity index is 2860. The summed E-state index contributed by atoms with van der Waals surface area (Å²) in [6.45, 7) is 19.2. The highest BCUT2D eigenvalue weighted by molar-refractivity contribution is 5.95. The maximum atomic E-state index is 14.6.